The maximum absolute atomic E-state index is 5.89. The Morgan fingerprint density at radius 1 is 1.15 bits per heavy atom. The number of hydrogen-bond donors (Lipinski definition) is 1. The van der Waals surface area contributed by atoms with Crippen molar-refractivity contribution in [3.8, 4) is 0 Å². The molecular weight excluding hydrogens is 246 g/mol. The minimum absolute atomic E-state index is 0.0352. The first kappa shape index (κ1) is 13.1. The third kappa shape index (κ3) is 2.54. The van der Waals surface area contributed by atoms with Gasteiger partial charge in [-0.25, -0.2) is 4.98 Å². The molecule has 1 aliphatic heterocycles. The van der Waals surface area contributed by atoms with E-state index in [1.165, 1.54) is 24.1 Å². The molecule has 3 nitrogen and oxygen atoms in total. The number of nitrogens with two attached hydrogens (primary N) is 1. The highest BCUT2D eigenvalue weighted by Gasteiger charge is 2.17. The van der Waals surface area contributed by atoms with E-state index in [0.717, 1.165) is 24.3 Å². The van der Waals surface area contributed by atoms with Crippen LogP contribution in [0.1, 0.15) is 36.9 Å². The van der Waals surface area contributed by atoms with Gasteiger partial charge in [0.2, 0.25) is 0 Å². The second-order valence-corrected chi connectivity index (χ2v) is 5.48. The molecule has 3 rings (SSSR count). The number of benzene rings is 1. The molecule has 0 aliphatic carbocycles. The van der Waals surface area contributed by atoms with E-state index < -0.39 is 0 Å². The van der Waals surface area contributed by atoms with E-state index in [9.17, 15) is 0 Å². The molecule has 104 valence electrons. The fraction of sp³-hybridized carbons (Fsp3) is 0.353. The minimum Gasteiger partial charge on any atom is -0.326 e. The van der Waals surface area contributed by atoms with Gasteiger partial charge in [0.15, 0.2) is 0 Å². The molecule has 0 saturated heterocycles. The lowest BCUT2D eigenvalue weighted by Gasteiger charge is -2.24. The number of nitrogens with zero attached hydrogens (tertiary/aromatic N) is 2. The van der Waals surface area contributed by atoms with Gasteiger partial charge in [0, 0.05) is 24.5 Å². The Labute approximate surface area is 120 Å². The van der Waals surface area contributed by atoms with Gasteiger partial charge >= 0.3 is 0 Å². The highest BCUT2D eigenvalue weighted by atomic mass is 15.2. The zero-order chi connectivity index (χ0) is 13.9. The predicted octanol–water partition coefficient (Wildman–Crippen LogP) is 3.58. The van der Waals surface area contributed by atoms with Crippen LogP contribution in [0, 0.1) is 0 Å². The fourth-order valence-electron chi connectivity index (χ4n) is 2.76. The summed E-state index contributed by atoms with van der Waals surface area (Å²) in [5.74, 6) is 1.02. The van der Waals surface area contributed by atoms with Gasteiger partial charge in [0.1, 0.15) is 5.82 Å². The molecule has 0 spiro atoms. The third-order valence-corrected chi connectivity index (χ3v) is 3.93. The molecule has 1 aromatic heterocycles. The number of fused-ring (bicyclic) bond motifs is 1. The Bertz CT molecular complexity index is 575. The van der Waals surface area contributed by atoms with Crippen LogP contribution in [0.2, 0.25) is 0 Å². The molecule has 1 atom stereocenters. The number of para-hydroxylation sites is 1. The van der Waals surface area contributed by atoms with Gasteiger partial charge in [-0.1, -0.05) is 24.3 Å². The van der Waals surface area contributed by atoms with Gasteiger partial charge in [-0.05, 0) is 49.4 Å². The van der Waals surface area contributed by atoms with Crippen molar-refractivity contribution in [2.24, 2.45) is 5.73 Å². The molecule has 0 radical (unpaired) electrons. The van der Waals surface area contributed by atoms with Gasteiger partial charge in [0.05, 0.1) is 0 Å². The summed E-state index contributed by atoms with van der Waals surface area (Å²) in [4.78, 5) is 6.94. The van der Waals surface area contributed by atoms with Crippen molar-refractivity contribution in [2.75, 3.05) is 11.4 Å². The second-order valence-electron chi connectivity index (χ2n) is 5.48. The Balaban J connectivity index is 1.97. The number of hydrogen-bond acceptors (Lipinski definition) is 3. The molecule has 0 bridgehead atoms. The average molecular weight is 267 g/mol. The molecule has 2 aromatic rings. The zero-order valence-corrected chi connectivity index (χ0v) is 11.9. The highest BCUT2D eigenvalue weighted by Crippen LogP contribution is 2.31. The first-order valence-electron chi connectivity index (χ1n) is 7.32. The summed E-state index contributed by atoms with van der Waals surface area (Å²) >= 11 is 0. The summed E-state index contributed by atoms with van der Waals surface area (Å²) in [5.41, 5.74) is 9.69. The van der Waals surface area contributed by atoms with E-state index in [-0.39, 0.29) is 6.04 Å². The first-order valence-corrected chi connectivity index (χ1v) is 7.32. The van der Waals surface area contributed by atoms with Gasteiger partial charge in [0.25, 0.3) is 0 Å². The SMILES string of the molecule is C[C@@H](N)c1ccc(N2CCCCc3ccccc32)nc1. The molecule has 0 amide bonds. The zero-order valence-electron chi connectivity index (χ0n) is 11.9. The smallest absolute Gasteiger partial charge is 0.132 e. The summed E-state index contributed by atoms with van der Waals surface area (Å²) < 4.78 is 0. The number of anilines is 2. The van der Waals surface area contributed by atoms with Crippen LogP contribution in [0.3, 0.4) is 0 Å². The normalized spacial score (nSPS) is 16.4. The van der Waals surface area contributed by atoms with E-state index in [4.69, 9.17) is 5.73 Å². The van der Waals surface area contributed by atoms with Gasteiger partial charge in [-0.15, -0.1) is 0 Å². The van der Waals surface area contributed by atoms with E-state index >= 15 is 0 Å². The van der Waals surface area contributed by atoms with E-state index in [1.807, 2.05) is 13.1 Å². The molecule has 1 aromatic carbocycles. The summed E-state index contributed by atoms with van der Waals surface area (Å²) in [5, 5.41) is 0. The molecule has 1 aliphatic rings. The maximum atomic E-state index is 5.89. The van der Waals surface area contributed by atoms with E-state index in [1.54, 1.807) is 0 Å². The standard InChI is InChI=1S/C17H21N3/c1-13(18)15-9-10-17(19-12-15)20-11-5-4-7-14-6-2-3-8-16(14)20/h2-3,6,8-10,12-13H,4-5,7,11,18H2,1H3/t13-/m1/s1. The lowest BCUT2D eigenvalue weighted by atomic mass is 10.1. The van der Waals surface area contributed by atoms with Crippen LogP contribution >= 0.6 is 0 Å². The van der Waals surface area contributed by atoms with Crippen molar-refractivity contribution in [1.82, 2.24) is 4.98 Å². The van der Waals surface area contributed by atoms with Crippen LogP contribution in [-0.4, -0.2) is 11.5 Å². The predicted molar refractivity (Wildman–Crippen MR) is 83.2 cm³/mol. The van der Waals surface area contributed by atoms with E-state index in [0.29, 0.717) is 0 Å². The van der Waals surface area contributed by atoms with Crippen LogP contribution in [0.5, 0.6) is 0 Å². The van der Waals surface area contributed by atoms with Crippen molar-refractivity contribution in [2.45, 2.75) is 32.2 Å². The monoisotopic (exact) mass is 267 g/mol. The number of aromatic nitrogens is 1. The molecule has 0 saturated carbocycles. The summed E-state index contributed by atoms with van der Waals surface area (Å²) in [6, 6.07) is 12.9. The van der Waals surface area contributed by atoms with Crippen molar-refractivity contribution < 1.29 is 0 Å². The fourth-order valence-corrected chi connectivity index (χ4v) is 2.76. The topological polar surface area (TPSA) is 42.1 Å². The summed E-state index contributed by atoms with van der Waals surface area (Å²) in [6.45, 7) is 3.01. The number of pyridine rings is 1. The van der Waals surface area contributed by atoms with Gasteiger partial charge in [-0.3, -0.25) is 0 Å². The maximum Gasteiger partial charge on any atom is 0.132 e. The number of aryl methyl sites for hydroxylation is 1. The Hall–Kier alpha value is -1.87. The van der Waals surface area contributed by atoms with Gasteiger partial charge < -0.3 is 10.6 Å². The second kappa shape index (κ2) is 5.63. The molecular formula is C17H21N3. The van der Waals surface area contributed by atoms with Crippen LogP contribution in [0.15, 0.2) is 42.6 Å². The third-order valence-electron chi connectivity index (χ3n) is 3.93. The van der Waals surface area contributed by atoms with Crippen LogP contribution < -0.4 is 10.6 Å². The molecule has 3 heteroatoms. The summed E-state index contributed by atoms with van der Waals surface area (Å²) in [6.07, 6.45) is 5.49. The van der Waals surface area contributed by atoms with Crippen molar-refractivity contribution in [1.29, 1.82) is 0 Å². The quantitative estimate of drug-likeness (QED) is 0.904. The summed E-state index contributed by atoms with van der Waals surface area (Å²) in [7, 11) is 0. The molecule has 20 heavy (non-hydrogen) atoms. The molecule has 0 unspecified atom stereocenters. The Kier molecular flexibility index (Phi) is 3.70. The van der Waals surface area contributed by atoms with Crippen LogP contribution in [0.4, 0.5) is 11.5 Å². The molecule has 2 N–H and O–H groups in total. The Morgan fingerprint density at radius 2 is 2.00 bits per heavy atom. The lowest BCUT2D eigenvalue weighted by molar-refractivity contribution is 0.756. The minimum atomic E-state index is 0.0352. The Morgan fingerprint density at radius 3 is 2.75 bits per heavy atom. The lowest BCUT2D eigenvalue weighted by Crippen LogP contribution is -2.19. The highest BCUT2D eigenvalue weighted by molar-refractivity contribution is 5.64. The van der Waals surface area contributed by atoms with Crippen LogP contribution in [-0.2, 0) is 6.42 Å². The van der Waals surface area contributed by atoms with E-state index in [2.05, 4.69) is 46.3 Å². The molecule has 0 fully saturated rings. The first-order chi connectivity index (χ1) is 9.75. The van der Waals surface area contributed by atoms with Crippen LogP contribution in [0.25, 0.3) is 0 Å². The van der Waals surface area contributed by atoms with Crippen molar-refractivity contribution in [3.63, 3.8) is 0 Å². The van der Waals surface area contributed by atoms with Crippen molar-refractivity contribution >= 4 is 11.5 Å². The largest absolute Gasteiger partial charge is 0.326 e. The van der Waals surface area contributed by atoms with Crippen molar-refractivity contribution in [3.05, 3.63) is 53.7 Å². The molecule has 2 heterocycles. The van der Waals surface area contributed by atoms with Gasteiger partial charge in [-0.2, -0.15) is 0 Å². The number of rotatable bonds is 2. The average Bonchev–Trinajstić information content (AvgIpc) is 2.69.